The number of carbonyl (C=O) groups excluding carboxylic acids is 3. The Labute approximate surface area is 173 Å². The lowest BCUT2D eigenvalue weighted by atomic mass is 9.85. The van der Waals surface area contributed by atoms with E-state index < -0.39 is 5.54 Å². The summed E-state index contributed by atoms with van der Waals surface area (Å²) >= 11 is 0. The summed E-state index contributed by atoms with van der Waals surface area (Å²) in [4.78, 5) is 48.4. The van der Waals surface area contributed by atoms with Crippen LogP contribution >= 0.6 is 0 Å². The second-order valence-electron chi connectivity index (χ2n) is 9.11. The van der Waals surface area contributed by atoms with Crippen LogP contribution in [0, 0.1) is 18.8 Å². The predicted molar refractivity (Wildman–Crippen MR) is 110 cm³/mol. The molecule has 7 heteroatoms. The summed E-state index contributed by atoms with van der Waals surface area (Å²) in [6.45, 7) is 11.9. The van der Waals surface area contributed by atoms with E-state index in [4.69, 9.17) is 0 Å². The molecule has 29 heavy (non-hydrogen) atoms. The van der Waals surface area contributed by atoms with Gasteiger partial charge in [-0.2, -0.15) is 0 Å². The molecule has 1 aromatic heterocycles. The summed E-state index contributed by atoms with van der Waals surface area (Å²) in [7, 11) is 0. The Kier molecular flexibility index (Phi) is 5.96. The number of carbonyl (C=O) groups is 3. The molecule has 2 aliphatic rings. The molecule has 3 rings (SSSR count). The molecule has 2 aliphatic heterocycles. The van der Waals surface area contributed by atoms with Gasteiger partial charge >= 0.3 is 6.03 Å². The summed E-state index contributed by atoms with van der Waals surface area (Å²) in [5.41, 5.74) is 0.600. The second-order valence-corrected chi connectivity index (χ2v) is 9.11. The number of likely N-dealkylation sites (tertiary alicyclic amines) is 1. The minimum atomic E-state index is -0.821. The first-order valence-corrected chi connectivity index (χ1v) is 10.5. The van der Waals surface area contributed by atoms with E-state index in [0.29, 0.717) is 44.6 Å². The molecule has 7 nitrogen and oxygen atoms in total. The third kappa shape index (κ3) is 4.00. The first kappa shape index (κ1) is 21.3. The molecule has 0 aromatic carbocycles. The Morgan fingerprint density at radius 1 is 1.07 bits per heavy atom. The average Bonchev–Trinajstić information content (AvgIpc) is 2.84. The molecule has 0 unspecified atom stereocenters. The Balaban J connectivity index is 1.79. The number of rotatable bonds is 5. The van der Waals surface area contributed by atoms with Crippen molar-refractivity contribution in [2.45, 2.75) is 53.0 Å². The molecule has 1 aromatic rings. The third-order valence-electron chi connectivity index (χ3n) is 5.75. The van der Waals surface area contributed by atoms with Gasteiger partial charge in [-0.1, -0.05) is 27.7 Å². The molecule has 158 valence electrons. The van der Waals surface area contributed by atoms with Crippen LogP contribution in [0.4, 0.5) is 4.79 Å². The van der Waals surface area contributed by atoms with E-state index in [0.717, 1.165) is 5.69 Å². The highest BCUT2D eigenvalue weighted by Gasteiger charge is 2.58. The number of pyridine rings is 1. The second kappa shape index (κ2) is 8.13. The molecule has 0 saturated carbocycles. The number of aromatic nitrogens is 1. The van der Waals surface area contributed by atoms with Crippen LogP contribution in [-0.4, -0.2) is 69.2 Å². The normalized spacial score (nSPS) is 19.2. The highest BCUT2D eigenvalue weighted by Crippen LogP contribution is 2.38. The molecule has 0 N–H and O–H groups in total. The van der Waals surface area contributed by atoms with Crippen LogP contribution < -0.4 is 0 Å². The van der Waals surface area contributed by atoms with Gasteiger partial charge in [-0.25, -0.2) is 4.79 Å². The average molecular weight is 401 g/mol. The van der Waals surface area contributed by atoms with Crippen LogP contribution in [-0.2, 0) is 4.79 Å². The number of hydrogen-bond donors (Lipinski definition) is 0. The van der Waals surface area contributed by atoms with E-state index in [1.54, 1.807) is 22.1 Å². The maximum Gasteiger partial charge on any atom is 0.327 e. The molecule has 0 radical (unpaired) electrons. The zero-order valence-corrected chi connectivity index (χ0v) is 18.1. The third-order valence-corrected chi connectivity index (χ3v) is 5.75. The van der Waals surface area contributed by atoms with Gasteiger partial charge in [0.1, 0.15) is 5.54 Å². The summed E-state index contributed by atoms with van der Waals surface area (Å²) in [6, 6.07) is 3.43. The minimum Gasteiger partial charge on any atom is -0.338 e. The van der Waals surface area contributed by atoms with Gasteiger partial charge in [-0.05, 0) is 43.7 Å². The molecule has 0 atom stereocenters. The summed E-state index contributed by atoms with van der Waals surface area (Å²) < 4.78 is 0. The zero-order valence-electron chi connectivity index (χ0n) is 18.1. The monoisotopic (exact) mass is 400 g/mol. The van der Waals surface area contributed by atoms with Gasteiger partial charge in [0.25, 0.3) is 11.8 Å². The quantitative estimate of drug-likeness (QED) is 0.713. The fraction of sp³-hybridized carbons (Fsp3) is 0.636. The van der Waals surface area contributed by atoms with Crippen LogP contribution in [0.25, 0.3) is 0 Å². The topological polar surface area (TPSA) is 73.8 Å². The molecule has 0 bridgehead atoms. The smallest absolute Gasteiger partial charge is 0.327 e. The molecule has 2 saturated heterocycles. The number of aryl methyl sites for hydroxylation is 1. The van der Waals surface area contributed by atoms with Gasteiger partial charge in [-0.3, -0.25) is 19.5 Å². The lowest BCUT2D eigenvalue weighted by Gasteiger charge is -2.42. The standard InChI is InChI=1S/C22H32N4O3/c1-15(2)13-25-20(28)22(26(21(25)29)14-16(3)4)8-10-24(11-9-22)19(27)18-7-6-17(5)23-12-18/h6-7,12,15-16H,8-11,13-14H2,1-5H3. The number of piperidine rings is 1. The predicted octanol–water partition coefficient (Wildman–Crippen LogP) is 2.94. The van der Waals surface area contributed by atoms with Crippen LogP contribution in [0.3, 0.4) is 0 Å². The van der Waals surface area contributed by atoms with Gasteiger partial charge < -0.3 is 9.80 Å². The maximum absolute atomic E-state index is 13.4. The van der Waals surface area contributed by atoms with Crippen LogP contribution in [0.2, 0.25) is 0 Å². The van der Waals surface area contributed by atoms with E-state index in [9.17, 15) is 14.4 Å². The first-order chi connectivity index (χ1) is 13.7. The van der Waals surface area contributed by atoms with E-state index in [-0.39, 0.29) is 29.7 Å². The Hall–Kier alpha value is -2.44. The van der Waals surface area contributed by atoms with E-state index in [1.807, 2.05) is 26.8 Å². The zero-order chi connectivity index (χ0) is 21.3. The van der Waals surface area contributed by atoms with Crippen LogP contribution in [0.1, 0.15) is 56.6 Å². The largest absolute Gasteiger partial charge is 0.338 e. The molecule has 4 amide bonds. The summed E-state index contributed by atoms with van der Waals surface area (Å²) in [6.07, 6.45) is 2.55. The van der Waals surface area contributed by atoms with E-state index in [1.165, 1.54) is 4.90 Å². The van der Waals surface area contributed by atoms with Gasteiger partial charge in [0.15, 0.2) is 0 Å². The number of nitrogens with zero attached hydrogens (tertiary/aromatic N) is 4. The molecule has 1 spiro atoms. The molecular formula is C22H32N4O3. The molecule has 0 aliphatic carbocycles. The van der Waals surface area contributed by atoms with Crippen molar-refractivity contribution >= 4 is 17.8 Å². The van der Waals surface area contributed by atoms with Crippen molar-refractivity contribution in [3.63, 3.8) is 0 Å². The van der Waals surface area contributed by atoms with Crippen molar-refractivity contribution < 1.29 is 14.4 Å². The molecule has 3 heterocycles. The number of amides is 4. The number of imide groups is 1. The van der Waals surface area contributed by atoms with E-state index in [2.05, 4.69) is 18.8 Å². The van der Waals surface area contributed by atoms with Crippen LogP contribution in [0.5, 0.6) is 0 Å². The van der Waals surface area contributed by atoms with Gasteiger partial charge in [-0.15, -0.1) is 0 Å². The van der Waals surface area contributed by atoms with Gasteiger partial charge in [0.05, 0.1) is 5.56 Å². The lowest BCUT2D eigenvalue weighted by molar-refractivity contribution is -0.135. The summed E-state index contributed by atoms with van der Waals surface area (Å²) in [5, 5.41) is 0. The maximum atomic E-state index is 13.4. The number of urea groups is 1. The highest BCUT2D eigenvalue weighted by molar-refractivity contribution is 6.07. The fourth-order valence-electron chi connectivity index (χ4n) is 4.27. The Morgan fingerprint density at radius 2 is 1.69 bits per heavy atom. The van der Waals surface area contributed by atoms with Crippen molar-refractivity contribution in [3.8, 4) is 0 Å². The van der Waals surface area contributed by atoms with Crippen LogP contribution in [0.15, 0.2) is 18.3 Å². The molecular weight excluding hydrogens is 368 g/mol. The fourth-order valence-corrected chi connectivity index (χ4v) is 4.27. The Morgan fingerprint density at radius 3 is 2.21 bits per heavy atom. The van der Waals surface area contributed by atoms with Gasteiger partial charge in [0.2, 0.25) is 0 Å². The molecule has 2 fully saturated rings. The Bertz CT molecular complexity index is 780. The highest BCUT2D eigenvalue weighted by atomic mass is 16.2. The van der Waals surface area contributed by atoms with Crippen molar-refractivity contribution in [1.29, 1.82) is 0 Å². The van der Waals surface area contributed by atoms with Crippen molar-refractivity contribution in [1.82, 2.24) is 19.7 Å². The lowest BCUT2D eigenvalue weighted by Crippen LogP contribution is -2.58. The van der Waals surface area contributed by atoms with Crippen molar-refractivity contribution in [2.24, 2.45) is 11.8 Å². The minimum absolute atomic E-state index is 0.0708. The van der Waals surface area contributed by atoms with E-state index >= 15 is 0 Å². The van der Waals surface area contributed by atoms with Crippen molar-refractivity contribution in [3.05, 3.63) is 29.6 Å². The van der Waals surface area contributed by atoms with Crippen molar-refractivity contribution in [2.75, 3.05) is 26.2 Å². The number of hydrogen-bond acceptors (Lipinski definition) is 4. The SMILES string of the molecule is Cc1ccc(C(=O)N2CCC3(CC2)C(=O)N(CC(C)C)C(=O)N3CC(C)C)cn1. The van der Waals surface area contributed by atoms with Gasteiger partial charge in [0, 0.05) is 38.1 Å². The first-order valence-electron chi connectivity index (χ1n) is 10.5. The summed E-state index contributed by atoms with van der Waals surface area (Å²) in [5.74, 6) is 0.315.